The largest absolute Gasteiger partial charge is 0.347 e. The van der Waals surface area contributed by atoms with Gasteiger partial charge in [0.25, 0.3) is 0 Å². The average Bonchev–Trinajstić information content (AvgIpc) is 2.10. The Labute approximate surface area is 55.1 Å². The summed E-state index contributed by atoms with van der Waals surface area (Å²) in [6.07, 6.45) is 4.95. The molecule has 0 N–H and O–H groups in total. The first-order valence-electron chi connectivity index (χ1n) is 2.92. The summed E-state index contributed by atoms with van der Waals surface area (Å²) < 4.78 is 10.4. The lowest BCUT2D eigenvalue weighted by Gasteiger charge is -2.14. The first-order valence-corrected chi connectivity index (χ1v) is 2.92. The van der Waals surface area contributed by atoms with Crippen molar-refractivity contribution < 1.29 is 9.47 Å². The molecule has 1 rings (SSSR count). The monoisotopic (exact) mass is 126 g/mol. The molecule has 2 nitrogen and oxygen atoms in total. The summed E-state index contributed by atoms with van der Waals surface area (Å²) in [6, 6.07) is 0. The zero-order valence-corrected chi connectivity index (χ0v) is 5.68. The second-order valence-corrected chi connectivity index (χ2v) is 2.48. The van der Waals surface area contributed by atoms with Gasteiger partial charge in [-0.1, -0.05) is 5.92 Å². The van der Waals surface area contributed by atoms with Gasteiger partial charge in [0.05, 0.1) is 6.61 Å². The maximum atomic E-state index is 5.24. The first-order chi connectivity index (χ1) is 4.14. The van der Waals surface area contributed by atoms with Gasteiger partial charge in [0.1, 0.15) is 6.10 Å². The van der Waals surface area contributed by atoms with E-state index in [-0.39, 0.29) is 6.10 Å². The highest BCUT2D eigenvalue weighted by Gasteiger charge is 2.31. The van der Waals surface area contributed by atoms with Gasteiger partial charge in [-0.2, -0.15) is 0 Å². The van der Waals surface area contributed by atoms with Gasteiger partial charge in [0, 0.05) is 0 Å². The van der Waals surface area contributed by atoms with Gasteiger partial charge in [0.15, 0.2) is 5.79 Å². The van der Waals surface area contributed by atoms with Crippen LogP contribution in [0, 0.1) is 12.3 Å². The van der Waals surface area contributed by atoms with Crippen molar-refractivity contribution >= 4 is 0 Å². The Morgan fingerprint density at radius 2 is 2.33 bits per heavy atom. The van der Waals surface area contributed by atoms with E-state index in [0.717, 1.165) is 0 Å². The zero-order chi connectivity index (χ0) is 6.91. The predicted octanol–water partition coefficient (Wildman–Crippen LogP) is 0.771. The lowest BCUT2D eigenvalue weighted by Crippen LogP contribution is -2.20. The molecule has 50 valence electrons. The van der Waals surface area contributed by atoms with Crippen molar-refractivity contribution in [3.63, 3.8) is 0 Å². The molecule has 1 fully saturated rings. The highest BCUT2D eigenvalue weighted by atomic mass is 16.7. The van der Waals surface area contributed by atoms with Crippen LogP contribution in [0.5, 0.6) is 0 Å². The smallest absolute Gasteiger partial charge is 0.164 e. The van der Waals surface area contributed by atoms with Crippen molar-refractivity contribution in [3.05, 3.63) is 0 Å². The average molecular weight is 126 g/mol. The van der Waals surface area contributed by atoms with E-state index in [9.17, 15) is 0 Å². The van der Waals surface area contributed by atoms with Crippen LogP contribution in [-0.2, 0) is 9.47 Å². The van der Waals surface area contributed by atoms with Crippen LogP contribution in [0.3, 0.4) is 0 Å². The van der Waals surface area contributed by atoms with Gasteiger partial charge >= 0.3 is 0 Å². The molecule has 1 atom stereocenters. The maximum absolute atomic E-state index is 5.24. The fourth-order valence-corrected chi connectivity index (χ4v) is 0.769. The van der Waals surface area contributed by atoms with Gasteiger partial charge in [-0.3, -0.25) is 0 Å². The Morgan fingerprint density at radius 1 is 1.67 bits per heavy atom. The van der Waals surface area contributed by atoms with Crippen LogP contribution in [-0.4, -0.2) is 18.5 Å². The van der Waals surface area contributed by atoms with E-state index in [1.807, 2.05) is 13.8 Å². The third kappa shape index (κ3) is 1.44. The van der Waals surface area contributed by atoms with Crippen LogP contribution in [0.15, 0.2) is 0 Å². The Hall–Kier alpha value is -0.520. The summed E-state index contributed by atoms with van der Waals surface area (Å²) in [5, 5.41) is 0. The number of terminal acetylenes is 1. The molecule has 0 bridgehead atoms. The van der Waals surface area contributed by atoms with Gasteiger partial charge in [-0.15, -0.1) is 6.42 Å². The molecule has 0 amide bonds. The predicted molar refractivity (Wildman–Crippen MR) is 33.7 cm³/mol. The van der Waals surface area contributed by atoms with Crippen LogP contribution < -0.4 is 0 Å². The summed E-state index contributed by atoms with van der Waals surface area (Å²) in [5.41, 5.74) is 0. The van der Waals surface area contributed by atoms with E-state index in [1.165, 1.54) is 0 Å². The van der Waals surface area contributed by atoms with Gasteiger partial charge in [-0.05, 0) is 13.8 Å². The highest BCUT2D eigenvalue weighted by Crippen LogP contribution is 2.21. The molecule has 0 aliphatic carbocycles. The minimum atomic E-state index is -0.475. The first kappa shape index (κ1) is 6.60. The normalized spacial score (nSPS) is 31.9. The summed E-state index contributed by atoms with van der Waals surface area (Å²) in [6.45, 7) is 4.22. The SMILES string of the molecule is C#C[C@@H]1COC(C)(C)O1. The van der Waals surface area contributed by atoms with Crippen LogP contribution in [0.1, 0.15) is 13.8 Å². The van der Waals surface area contributed by atoms with Crippen molar-refractivity contribution in [2.75, 3.05) is 6.61 Å². The van der Waals surface area contributed by atoms with Gasteiger partial charge in [0.2, 0.25) is 0 Å². The molecular weight excluding hydrogens is 116 g/mol. The topological polar surface area (TPSA) is 18.5 Å². The van der Waals surface area contributed by atoms with E-state index in [1.54, 1.807) is 0 Å². The lowest BCUT2D eigenvalue weighted by atomic mass is 10.4. The molecule has 0 aromatic carbocycles. The van der Waals surface area contributed by atoms with Crippen molar-refractivity contribution in [1.29, 1.82) is 0 Å². The van der Waals surface area contributed by atoms with Crippen LogP contribution in [0.4, 0.5) is 0 Å². The Morgan fingerprint density at radius 3 is 2.56 bits per heavy atom. The molecule has 1 aliphatic rings. The van der Waals surface area contributed by atoms with Crippen LogP contribution in [0.25, 0.3) is 0 Å². The minimum Gasteiger partial charge on any atom is -0.347 e. The summed E-state index contributed by atoms with van der Waals surface area (Å²) >= 11 is 0. The number of rotatable bonds is 0. The molecule has 9 heavy (non-hydrogen) atoms. The Balaban J connectivity index is 2.50. The van der Waals surface area contributed by atoms with Crippen molar-refractivity contribution in [3.8, 4) is 12.3 Å². The summed E-state index contributed by atoms with van der Waals surface area (Å²) in [5.74, 6) is 2.00. The van der Waals surface area contributed by atoms with E-state index < -0.39 is 5.79 Å². The fourth-order valence-electron chi connectivity index (χ4n) is 0.769. The number of hydrogen-bond donors (Lipinski definition) is 0. The Bertz CT molecular complexity index is 143. The van der Waals surface area contributed by atoms with Crippen LogP contribution in [0.2, 0.25) is 0 Å². The van der Waals surface area contributed by atoms with Crippen molar-refractivity contribution in [2.24, 2.45) is 0 Å². The summed E-state index contributed by atoms with van der Waals surface area (Å²) in [4.78, 5) is 0. The molecule has 1 heterocycles. The summed E-state index contributed by atoms with van der Waals surface area (Å²) in [7, 11) is 0. The van der Waals surface area contributed by atoms with Gasteiger partial charge < -0.3 is 9.47 Å². The molecule has 2 heteroatoms. The number of hydrogen-bond acceptors (Lipinski definition) is 2. The van der Waals surface area contributed by atoms with Crippen molar-refractivity contribution in [2.45, 2.75) is 25.7 Å². The second-order valence-electron chi connectivity index (χ2n) is 2.48. The zero-order valence-electron chi connectivity index (χ0n) is 5.68. The van der Waals surface area contributed by atoms with Crippen molar-refractivity contribution in [1.82, 2.24) is 0 Å². The fraction of sp³-hybridized carbons (Fsp3) is 0.714. The van der Waals surface area contributed by atoms with E-state index in [2.05, 4.69) is 5.92 Å². The third-order valence-electron chi connectivity index (χ3n) is 1.19. The lowest BCUT2D eigenvalue weighted by molar-refractivity contribution is -0.132. The quantitative estimate of drug-likeness (QED) is 0.446. The molecule has 0 saturated carbocycles. The maximum Gasteiger partial charge on any atom is 0.164 e. The molecule has 0 spiro atoms. The van der Waals surface area contributed by atoms with Crippen LogP contribution >= 0.6 is 0 Å². The van der Waals surface area contributed by atoms with E-state index in [0.29, 0.717) is 6.61 Å². The van der Waals surface area contributed by atoms with E-state index in [4.69, 9.17) is 15.9 Å². The number of ether oxygens (including phenoxy) is 2. The minimum absolute atomic E-state index is 0.153. The molecule has 0 unspecified atom stereocenters. The highest BCUT2D eigenvalue weighted by molar-refractivity contribution is 4.97. The molecule has 0 aromatic rings. The molecule has 0 radical (unpaired) electrons. The molecular formula is C7H10O2. The third-order valence-corrected chi connectivity index (χ3v) is 1.19. The Kier molecular flexibility index (Phi) is 1.48. The standard InChI is InChI=1S/C7H10O2/c1-4-6-5-8-7(2,3)9-6/h1,6H,5H2,2-3H3/t6-/m1/s1. The van der Waals surface area contributed by atoms with Gasteiger partial charge in [-0.25, -0.2) is 0 Å². The second kappa shape index (κ2) is 2.02. The molecule has 1 aliphatic heterocycles. The molecule has 1 saturated heterocycles. The molecule has 0 aromatic heterocycles. The van der Waals surface area contributed by atoms with E-state index >= 15 is 0 Å².